The molecule has 124 valence electrons. The third-order valence-electron chi connectivity index (χ3n) is 4.07. The van der Waals surface area contributed by atoms with E-state index in [-0.39, 0.29) is 11.6 Å². The number of rotatable bonds is 1. The van der Waals surface area contributed by atoms with Gasteiger partial charge in [0.05, 0.1) is 0 Å². The Morgan fingerprint density at radius 1 is 0.792 bits per heavy atom. The number of fused-ring (bicyclic) bond motifs is 1. The number of hydrogen-bond acceptors (Lipinski definition) is 0. The topological polar surface area (TPSA) is 0 Å². The van der Waals surface area contributed by atoms with Gasteiger partial charge >= 0.3 is 0 Å². The van der Waals surface area contributed by atoms with Crippen LogP contribution in [0.5, 0.6) is 0 Å². The number of benzene rings is 3. The van der Waals surface area contributed by atoms with E-state index >= 15 is 0 Å². The summed E-state index contributed by atoms with van der Waals surface area (Å²) in [7, 11) is 0. The van der Waals surface area contributed by atoms with E-state index in [0.717, 1.165) is 22.1 Å². The van der Waals surface area contributed by atoms with Crippen molar-refractivity contribution in [1.82, 2.24) is 0 Å². The minimum absolute atomic E-state index is 0.0995. The zero-order chi connectivity index (χ0) is 17.9. The molecule has 0 N–H and O–H groups in total. The maximum Gasteiger partial charge on any atom is 0.133 e. The summed E-state index contributed by atoms with van der Waals surface area (Å²) in [6.45, 7) is 11.1. The average molecular weight is 324 g/mol. The van der Waals surface area contributed by atoms with Crippen LogP contribution in [0.4, 0.5) is 8.78 Å². The van der Waals surface area contributed by atoms with Crippen molar-refractivity contribution < 1.29 is 8.78 Å². The molecule has 0 aromatic heterocycles. The van der Waals surface area contributed by atoms with E-state index in [4.69, 9.17) is 0 Å². The molecule has 0 aliphatic heterocycles. The van der Waals surface area contributed by atoms with Crippen molar-refractivity contribution in [2.75, 3.05) is 0 Å². The Labute approximate surface area is 142 Å². The Morgan fingerprint density at radius 2 is 1.50 bits per heavy atom. The lowest BCUT2D eigenvalue weighted by Crippen LogP contribution is -1.87. The van der Waals surface area contributed by atoms with Crippen LogP contribution in [0, 0.1) is 39.3 Å². The second kappa shape index (κ2) is 7.39. The summed E-state index contributed by atoms with van der Waals surface area (Å²) in [5, 5.41) is 1.69. The van der Waals surface area contributed by atoms with E-state index in [0.29, 0.717) is 16.5 Å². The van der Waals surface area contributed by atoms with Crippen molar-refractivity contribution in [2.24, 2.45) is 0 Å². The Morgan fingerprint density at radius 3 is 2.17 bits per heavy atom. The fourth-order valence-corrected chi connectivity index (χ4v) is 2.54. The second-order valence-electron chi connectivity index (χ2n) is 6.08. The Balaban J connectivity index is 0.000000177. The summed E-state index contributed by atoms with van der Waals surface area (Å²) < 4.78 is 26.4. The highest BCUT2D eigenvalue weighted by Gasteiger charge is 2.03. The lowest BCUT2D eigenvalue weighted by molar-refractivity contribution is 0.617. The predicted octanol–water partition coefficient (Wildman–Crippen LogP) is 6.68. The molecule has 0 bridgehead atoms. The molecule has 0 aliphatic carbocycles. The quantitative estimate of drug-likeness (QED) is 0.468. The highest BCUT2D eigenvalue weighted by molar-refractivity contribution is 5.84. The summed E-state index contributed by atoms with van der Waals surface area (Å²) >= 11 is 0. The van der Waals surface area contributed by atoms with Gasteiger partial charge in [-0.15, -0.1) is 0 Å². The first-order valence-electron chi connectivity index (χ1n) is 7.88. The van der Waals surface area contributed by atoms with Crippen molar-refractivity contribution in [2.45, 2.75) is 27.7 Å². The molecule has 0 unspecified atom stereocenters. The summed E-state index contributed by atoms with van der Waals surface area (Å²) in [5.74, 6) is -0.245. The van der Waals surface area contributed by atoms with Crippen LogP contribution in [0.25, 0.3) is 16.8 Å². The van der Waals surface area contributed by atoms with Crippen LogP contribution in [-0.4, -0.2) is 0 Å². The summed E-state index contributed by atoms with van der Waals surface area (Å²) in [6.07, 6.45) is 1.74. The number of aryl methyl sites for hydroxylation is 4. The maximum atomic E-state index is 13.5. The van der Waals surface area contributed by atoms with Gasteiger partial charge < -0.3 is 0 Å². The molecule has 0 saturated carbocycles. The van der Waals surface area contributed by atoms with E-state index < -0.39 is 0 Å². The zero-order valence-corrected chi connectivity index (χ0v) is 14.6. The van der Waals surface area contributed by atoms with Crippen LogP contribution in [-0.2, 0) is 0 Å². The van der Waals surface area contributed by atoms with Crippen molar-refractivity contribution in [1.29, 1.82) is 0 Å². The number of hydrogen-bond donors (Lipinski definition) is 0. The molecule has 0 spiro atoms. The molecule has 0 saturated heterocycles. The summed E-state index contributed by atoms with van der Waals surface area (Å²) in [6, 6.07) is 12.9. The third kappa shape index (κ3) is 3.88. The molecule has 24 heavy (non-hydrogen) atoms. The third-order valence-corrected chi connectivity index (χ3v) is 4.07. The first kappa shape index (κ1) is 17.9. The SMILES string of the molecule is C=Cc1cc(C)c(F)cc1C.Cc1ccc2c(F)c(C)ccc2c1. The van der Waals surface area contributed by atoms with Gasteiger partial charge in [0.2, 0.25) is 0 Å². The van der Waals surface area contributed by atoms with Gasteiger partial charge in [-0.1, -0.05) is 48.6 Å². The monoisotopic (exact) mass is 324 g/mol. The van der Waals surface area contributed by atoms with Gasteiger partial charge in [-0.25, -0.2) is 8.78 Å². The standard InChI is InChI=1S/C12H11F.C10H11F/c1-8-3-6-11-10(7-8)5-4-9(2)12(11)13;1-4-9-5-8(3)10(11)6-7(9)2/h3-7H,1-2H3;4-6H,1H2,2-3H3. The van der Waals surface area contributed by atoms with Gasteiger partial charge in [0.25, 0.3) is 0 Å². The molecule has 3 rings (SSSR count). The fraction of sp³-hybridized carbons (Fsp3) is 0.182. The highest BCUT2D eigenvalue weighted by atomic mass is 19.1. The largest absolute Gasteiger partial charge is 0.207 e. The predicted molar refractivity (Wildman–Crippen MR) is 99.3 cm³/mol. The average Bonchev–Trinajstić information content (AvgIpc) is 2.55. The Kier molecular flexibility index (Phi) is 5.50. The Bertz CT molecular complexity index is 892. The van der Waals surface area contributed by atoms with E-state index in [9.17, 15) is 8.78 Å². The van der Waals surface area contributed by atoms with Gasteiger partial charge in [-0.05, 0) is 67.5 Å². The van der Waals surface area contributed by atoms with Crippen molar-refractivity contribution in [3.8, 4) is 0 Å². The number of halogens is 2. The molecular formula is C22H22F2. The van der Waals surface area contributed by atoms with Crippen molar-refractivity contribution >= 4 is 16.8 Å². The molecule has 0 atom stereocenters. The van der Waals surface area contributed by atoms with Crippen LogP contribution < -0.4 is 0 Å². The summed E-state index contributed by atoms with van der Waals surface area (Å²) in [5.41, 5.74) is 4.48. The molecule has 0 fully saturated rings. The zero-order valence-electron chi connectivity index (χ0n) is 14.6. The molecule has 0 radical (unpaired) electrons. The van der Waals surface area contributed by atoms with Gasteiger partial charge in [-0.2, -0.15) is 0 Å². The van der Waals surface area contributed by atoms with Crippen molar-refractivity contribution in [3.63, 3.8) is 0 Å². The van der Waals surface area contributed by atoms with Crippen LogP contribution >= 0.6 is 0 Å². The first-order chi connectivity index (χ1) is 11.3. The lowest BCUT2D eigenvalue weighted by Gasteiger charge is -2.02. The molecular weight excluding hydrogens is 302 g/mol. The molecule has 3 aromatic rings. The molecule has 0 amide bonds. The van der Waals surface area contributed by atoms with E-state index in [2.05, 4.69) is 6.58 Å². The van der Waals surface area contributed by atoms with Crippen molar-refractivity contribution in [3.05, 3.63) is 88.5 Å². The molecule has 0 nitrogen and oxygen atoms in total. The molecule has 2 heteroatoms. The highest BCUT2D eigenvalue weighted by Crippen LogP contribution is 2.21. The lowest BCUT2D eigenvalue weighted by atomic mass is 10.0. The minimum atomic E-state index is -0.145. The minimum Gasteiger partial charge on any atom is -0.207 e. The van der Waals surface area contributed by atoms with Gasteiger partial charge in [0, 0.05) is 5.39 Å². The van der Waals surface area contributed by atoms with Crippen LogP contribution in [0.2, 0.25) is 0 Å². The molecule has 3 aromatic carbocycles. The van der Waals surface area contributed by atoms with Gasteiger partial charge in [0.15, 0.2) is 0 Å². The Hall–Kier alpha value is -2.48. The second-order valence-corrected chi connectivity index (χ2v) is 6.08. The van der Waals surface area contributed by atoms with Gasteiger partial charge in [-0.3, -0.25) is 0 Å². The van der Waals surface area contributed by atoms with E-state index in [1.54, 1.807) is 26.0 Å². The maximum absolute atomic E-state index is 13.5. The van der Waals surface area contributed by atoms with Crippen LogP contribution in [0.1, 0.15) is 27.8 Å². The smallest absolute Gasteiger partial charge is 0.133 e. The molecule has 0 aliphatic rings. The first-order valence-corrected chi connectivity index (χ1v) is 7.88. The fourth-order valence-electron chi connectivity index (χ4n) is 2.54. The van der Waals surface area contributed by atoms with Crippen LogP contribution in [0.15, 0.2) is 49.0 Å². The molecule has 0 heterocycles. The van der Waals surface area contributed by atoms with Gasteiger partial charge in [0.1, 0.15) is 11.6 Å². The normalized spacial score (nSPS) is 10.2. The summed E-state index contributed by atoms with van der Waals surface area (Å²) in [4.78, 5) is 0. The van der Waals surface area contributed by atoms with E-state index in [1.807, 2.05) is 44.2 Å². The van der Waals surface area contributed by atoms with Crippen LogP contribution in [0.3, 0.4) is 0 Å². The van der Waals surface area contributed by atoms with E-state index in [1.165, 1.54) is 6.07 Å².